The normalized spacial score (nSPS) is 10.7. The smallest absolute Gasteiger partial charge is 0.144 e. The highest BCUT2D eigenvalue weighted by molar-refractivity contribution is 8.00. The molecule has 0 saturated carbocycles. The van der Waals surface area contributed by atoms with Gasteiger partial charge in [-0.3, -0.25) is 4.31 Å². The van der Waals surface area contributed by atoms with E-state index < -0.39 is 17.5 Å². The molecule has 112 valence electrons. The molecule has 0 radical (unpaired) electrons. The van der Waals surface area contributed by atoms with Crippen molar-refractivity contribution < 1.29 is 17.9 Å². The van der Waals surface area contributed by atoms with Gasteiger partial charge in [0.1, 0.15) is 30.0 Å². The van der Waals surface area contributed by atoms with Crippen LogP contribution in [0.1, 0.15) is 0 Å². The van der Waals surface area contributed by atoms with Crippen LogP contribution in [0.3, 0.4) is 0 Å². The summed E-state index contributed by atoms with van der Waals surface area (Å²) in [5.74, 6) is -1.72. The summed E-state index contributed by atoms with van der Waals surface area (Å²) in [4.78, 5) is 3.99. The Morgan fingerprint density at radius 1 is 1.24 bits per heavy atom. The first kappa shape index (κ1) is 15.9. The molecule has 3 nitrogen and oxygen atoms in total. The molecule has 1 aromatic carbocycles. The van der Waals surface area contributed by atoms with Crippen LogP contribution in [0.2, 0.25) is 5.02 Å². The molecule has 0 saturated heterocycles. The maximum absolute atomic E-state index is 13.7. The lowest BCUT2D eigenvalue weighted by atomic mass is 10.3. The molecule has 0 fully saturated rings. The molecular formula is C13H10ClF3N2OS. The number of rotatable bonds is 5. The van der Waals surface area contributed by atoms with Gasteiger partial charge in [-0.15, -0.1) is 0 Å². The monoisotopic (exact) mass is 334 g/mol. The van der Waals surface area contributed by atoms with Crippen LogP contribution < -0.4 is 4.31 Å². The Morgan fingerprint density at radius 3 is 2.62 bits per heavy atom. The van der Waals surface area contributed by atoms with E-state index in [0.29, 0.717) is 11.9 Å². The second-order valence-electron chi connectivity index (χ2n) is 3.92. The van der Waals surface area contributed by atoms with Crippen molar-refractivity contribution >= 4 is 29.4 Å². The zero-order chi connectivity index (χ0) is 15.4. The van der Waals surface area contributed by atoms with Gasteiger partial charge in [0.15, 0.2) is 0 Å². The van der Waals surface area contributed by atoms with Gasteiger partial charge in [0, 0.05) is 13.2 Å². The number of anilines is 1. The van der Waals surface area contributed by atoms with Crippen molar-refractivity contribution in [3.63, 3.8) is 0 Å². The number of ether oxygens (including phenoxy) is 1. The van der Waals surface area contributed by atoms with Gasteiger partial charge >= 0.3 is 0 Å². The van der Waals surface area contributed by atoms with Crippen LogP contribution in [0.25, 0.3) is 0 Å². The van der Waals surface area contributed by atoms with Gasteiger partial charge in [0.05, 0.1) is 16.1 Å². The summed E-state index contributed by atoms with van der Waals surface area (Å²) in [6, 6.07) is 4.51. The van der Waals surface area contributed by atoms with Crippen molar-refractivity contribution in [1.29, 1.82) is 0 Å². The highest BCUT2D eigenvalue weighted by Gasteiger charge is 2.15. The third-order valence-corrected chi connectivity index (χ3v) is 3.71. The summed E-state index contributed by atoms with van der Waals surface area (Å²) >= 11 is 6.56. The molecule has 1 heterocycles. The molecule has 0 amide bonds. The minimum Gasteiger partial charge on any atom is -0.363 e. The van der Waals surface area contributed by atoms with Gasteiger partial charge in [0.25, 0.3) is 0 Å². The van der Waals surface area contributed by atoms with Crippen molar-refractivity contribution in [2.45, 2.75) is 4.90 Å². The third kappa shape index (κ3) is 4.03. The molecule has 0 bridgehead atoms. The molecule has 0 atom stereocenters. The van der Waals surface area contributed by atoms with Crippen molar-refractivity contribution in [1.82, 2.24) is 4.98 Å². The van der Waals surface area contributed by atoms with E-state index in [4.69, 9.17) is 16.3 Å². The number of nitrogens with zero attached hydrogens (tertiary/aromatic N) is 2. The predicted molar refractivity (Wildman–Crippen MR) is 75.8 cm³/mol. The summed E-state index contributed by atoms with van der Waals surface area (Å²) in [6.07, 6.45) is 1.03. The van der Waals surface area contributed by atoms with Crippen molar-refractivity contribution in [3.05, 3.63) is 52.9 Å². The Labute approximate surface area is 128 Å². The average Bonchev–Trinajstić information content (AvgIpc) is 2.45. The van der Waals surface area contributed by atoms with E-state index in [2.05, 4.69) is 4.98 Å². The van der Waals surface area contributed by atoms with Crippen LogP contribution in [-0.4, -0.2) is 18.8 Å². The molecule has 0 spiro atoms. The van der Waals surface area contributed by atoms with E-state index in [1.54, 1.807) is 0 Å². The number of benzene rings is 1. The molecule has 21 heavy (non-hydrogen) atoms. The molecule has 8 heteroatoms. The summed E-state index contributed by atoms with van der Waals surface area (Å²) < 4.78 is 46.2. The first-order valence-electron chi connectivity index (χ1n) is 5.72. The van der Waals surface area contributed by atoms with E-state index in [0.717, 1.165) is 18.1 Å². The summed E-state index contributed by atoms with van der Waals surface area (Å²) in [5.41, 5.74) is 0. The summed E-state index contributed by atoms with van der Waals surface area (Å²) in [7, 11) is 1.45. The Hall–Kier alpha value is -1.44. The van der Waals surface area contributed by atoms with Gasteiger partial charge in [0.2, 0.25) is 0 Å². The Kier molecular flexibility index (Phi) is 5.33. The molecule has 0 aliphatic rings. The fourth-order valence-electron chi connectivity index (χ4n) is 1.47. The second kappa shape index (κ2) is 7.02. The van der Waals surface area contributed by atoms with E-state index >= 15 is 0 Å². The minimum atomic E-state index is -0.836. The molecular weight excluding hydrogens is 325 g/mol. The zero-order valence-electron chi connectivity index (χ0n) is 10.8. The lowest BCUT2D eigenvalue weighted by molar-refractivity contribution is 0.211. The first-order valence-corrected chi connectivity index (χ1v) is 6.87. The lowest BCUT2D eigenvalue weighted by Gasteiger charge is -2.21. The predicted octanol–water partition coefficient (Wildman–Crippen LogP) is 4.27. The molecule has 1 aromatic heterocycles. The average molecular weight is 335 g/mol. The number of halogens is 4. The van der Waals surface area contributed by atoms with Crippen LogP contribution in [0, 0.1) is 17.5 Å². The number of methoxy groups -OCH3 is 1. The summed E-state index contributed by atoms with van der Waals surface area (Å²) in [6.45, 7) is 0.0672. The number of hydrogen-bond acceptors (Lipinski definition) is 4. The fraction of sp³-hybridized carbons (Fsp3) is 0.154. The Balaban J connectivity index is 2.28. The zero-order valence-corrected chi connectivity index (χ0v) is 12.4. The minimum absolute atomic E-state index is 0.0672. The van der Waals surface area contributed by atoms with Crippen LogP contribution in [0.15, 0.2) is 35.4 Å². The van der Waals surface area contributed by atoms with Crippen LogP contribution >= 0.6 is 23.5 Å². The fourth-order valence-corrected chi connectivity index (χ4v) is 2.61. The molecule has 0 aliphatic heterocycles. The van der Waals surface area contributed by atoms with Crippen LogP contribution in [-0.2, 0) is 4.74 Å². The molecule has 0 N–H and O–H groups in total. The summed E-state index contributed by atoms with van der Waals surface area (Å²) in [5, 5.41) is -0.191. The van der Waals surface area contributed by atoms with Gasteiger partial charge in [-0.2, -0.15) is 0 Å². The van der Waals surface area contributed by atoms with Crippen molar-refractivity contribution in [3.8, 4) is 0 Å². The van der Waals surface area contributed by atoms with E-state index in [1.165, 1.54) is 29.6 Å². The Bertz CT molecular complexity index is 628. The van der Waals surface area contributed by atoms with Gasteiger partial charge < -0.3 is 4.74 Å². The van der Waals surface area contributed by atoms with Gasteiger partial charge in [-0.1, -0.05) is 11.6 Å². The standard InChI is InChI=1S/C13H10ClF3N2OS/c1-20-7-19(13-3-2-8(15)6-18-13)21-12-4-9(14)10(16)5-11(12)17/h2-6H,7H2,1H3. The van der Waals surface area contributed by atoms with Crippen molar-refractivity contribution in [2.75, 3.05) is 18.1 Å². The number of aromatic nitrogens is 1. The van der Waals surface area contributed by atoms with E-state index in [9.17, 15) is 13.2 Å². The van der Waals surface area contributed by atoms with E-state index in [-0.39, 0.29) is 16.6 Å². The maximum Gasteiger partial charge on any atom is 0.144 e. The molecule has 0 unspecified atom stereocenters. The van der Waals surface area contributed by atoms with Crippen LogP contribution in [0.5, 0.6) is 0 Å². The van der Waals surface area contributed by atoms with Crippen molar-refractivity contribution in [2.24, 2.45) is 0 Å². The highest BCUT2D eigenvalue weighted by Crippen LogP contribution is 2.32. The largest absolute Gasteiger partial charge is 0.363 e. The topological polar surface area (TPSA) is 25.4 Å². The first-order chi connectivity index (χ1) is 10.0. The number of hydrogen-bond donors (Lipinski definition) is 0. The molecule has 0 aliphatic carbocycles. The third-order valence-electron chi connectivity index (χ3n) is 2.40. The second-order valence-corrected chi connectivity index (χ2v) is 5.39. The van der Waals surface area contributed by atoms with Gasteiger partial charge in [-0.25, -0.2) is 18.2 Å². The highest BCUT2D eigenvalue weighted by atomic mass is 35.5. The molecule has 2 rings (SSSR count). The SMILES string of the molecule is COCN(Sc1cc(Cl)c(F)cc1F)c1ccc(F)cn1. The molecule has 2 aromatic rings. The van der Waals surface area contributed by atoms with Crippen LogP contribution in [0.4, 0.5) is 19.0 Å². The maximum atomic E-state index is 13.7. The number of pyridine rings is 1. The van der Waals surface area contributed by atoms with E-state index in [1.807, 2.05) is 0 Å². The lowest BCUT2D eigenvalue weighted by Crippen LogP contribution is -2.18. The Morgan fingerprint density at radius 2 is 2.00 bits per heavy atom. The quantitative estimate of drug-likeness (QED) is 0.463. The van der Waals surface area contributed by atoms with Gasteiger partial charge in [-0.05, 0) is 30.1 Å².